The van der Waals surface area contributed by atoms with Crippen LogP contribution in [-0.4, -0.2) is 20.9 Å². The number of nitrogens with one attached hydrogen (secondary N) is 1. The first-order chi connectivity index (χ1) is 13.0. The molecule has 5 nitrogen and oxygen atoms in total. The highest BCUT2D eigenvalue weighted by Gasteiger charge is 2.13. The Morgan fingerprint density at radius 2 is 1.63 bits per heavy atom. The van der Waals surface area contributed by atoms with Crippen LogP contribution in [0.4, 0.5) is 5.69 Å². The summed E-state index contributed by atoms with van der Waals surface area (Å²) >= 11 is 3.42. The zero-order valence-electron chi connectivity index (χ0n) is 14.9. The summed E-state index contributed by atoms with van der Waals surface area (Å²) in [5, 5.41) is 12.1. The molecule has 0 unspecified atom stereocenters. The van der Waals surface area contributed by atoms with Crippen LogP contribution >= 0.6 is 15.9 Å². The first-order valence-corrected chi connectivity index (χ1v) is 9.31. The highest BCUT2D eigenvalue weighted by atomic mass is 79.9. The maximum atomic E-state index is 12.6. The molecule has 0 fully saturated rings. The topological polar surface area (TPSA) is 59.8 Å². The van der Waals surface area contributed by atoms with Crippen molar-refractivity contribution in [2.24, 2.45) is 0 Å². The molecule has 0 saturated carbocycles. The van der Waals surface area contributed by atoms with Crippen LogP contribution in [0.3, 0.4) is 0 Å². The number of carbonyl (C=O) groups is 1. The SMILES string of the molecule is Cc1ccc(-n2nc3cc(C)c(NC(=O)c4ccccc4Br)cc3n2)cc1. The Kier molecular flexibility index (Phi) is 4.49. The number of hydrogen-bond acceptors (Lipinski definition) is 3. The van der Waals surface area contributed by atoms with Crippen molar-refractivity contribution in [1.29, 1.82) is 0 Å². The summed E-state index contributed by atoms with van der Waals surface area (Å²) in [5.74, 6) is -0.171. The smallest absolute Gasteiger partial charge is 0.256 e. The Morgan fingerprint density at radius 3 is 2.33 bits per heavy atom. The number of halogens is 1. The Balaban J connectivity index is 1.68. The van der Waals surface area contributed by atoms with Crippen molar-refractivity contribution in [3.63, 3.8) is 0 Å². The molecule has 1 aromatic heterocycles. The summed E-state index contributed by atoms with van der Waals surface area (Å²) in [6.45, 7) is 3.99. The summed E-state index contributed by atoms with van der Waals surface area (Å²) < 4.78 is 0.756. The molecule has 6 heteroatoms. The molecule has 1 N–H and O–H groups in total. The fourth-order valence-electron chi connectivity index (χ4n) is 2.83. The van der Waals surface area contributed by atoms with E-state index in [9.17, 15) is 4.79 Å². The molecule has 0 aliphatic heterocycles. The van der Waals surface area contributed by atoms with E-state index in [1.165, 1.54) is 5.56 Å². The molecule has 27 heavy (non-hydrogen) atoms. The number of amides is 1. The maximum Gasteiger partial charge on any atom is 0.256 e. The van der Waals surface area contributed by atoms with Crippen LogP contribution in [0.1, 0.15) is 21.5 Å². The third kappa shape index (κ3) is 3.48. The highest BCUT2D eigenvalue weighted by Crippen LogP contribution is 2.24. The number of aromatic nitrogens is 3. The number of fused-ring (bicyclic) bond motifs is 1. The molecule has 4 aromatic rings. The fourth-order valence-corrected chi connectivity index (χ4v) is 3.30. The van der Waals surface area contributed by atoms with E-state index in [0.29, 0.717) is 5.56 Å². The van der Waals surface area contributed by atoms with Gasteiger partial charge in [0.05, 0.1) is 11.3 Å². The lowest BCUT2D eigenvalue weighted by molar-refractivity contribution is 0.102. The monoisotopic (exact) mass is 420 g/mol. The van der Waals surface area contributed by atoms with Gasteiger partial charge in [-0.1, -0.05) is 29.8 Å². The molecule has 0 atom stereocenters. The van der Waals surface area contributed by atoms with Crippen molar-refractivity contribution in [3.05, 3.63) is 81.8 Å². The Bertz CT molecular complexity index is 1150. The van der Waals surface area contributed by atoms with Crippen LogP contribution < -0.4 is 5.32 Å². The van der Waals surface area contributed by atoms with Gasteiger partial charge in [-0.25, -0.2) is 0 Å². The number of rotatable bonds is 3. The second kappa shape index (κ2) is 6.96. The largest absolute Gasteiger partial charge is 0.322 e. The van der Waals surface area contributed by atoms with Crippen molar-refractivity contribution >= 4 is 38.6 Å². The van der Waals surface area contributed by atoms with E-state index in [1.54, 1.807) is 10.9 Å². The van der Waals surface area contributed by atoms with E-state index in [2.05, 4.69) is 31.4 Å². The lowest BCUT2D eigenvalue weighted by Gasteiger charge is -2.09. The van der Waals surface area contributed by atoms with Gasteiger partial charge in [-0.3, -0.25) is 4.79 Å². The number of nitrogens with zero attached hydrogens (tertiary/aromatic N) is 3. The second-order valence-electron chi connectivity index (χ2n) is 6.41. The van der Waals surface area contributed by atoms with Crippen LogP contribution in [0.2, 0.25) is 0 Å². The van der Waals surface area contributed by atoms with Crippen molar-refractivity contribution < 1.29 is 4.79 Å². The molecule has 1 heterocycles. The van der Waals surface area contributed by atoms with Crippen molar-refractivity contribution in [3.8, 4) is 5.69 Å². The molecule has 0 saturated heterocycles. The van der Waals surface area contributed by atoms with Crippen LogP contribution in [-0.2, 0) is 0 Å². The van der Waals surface area contributed by atoms with E-state index >= 15 is 0 Å². The number of benzene rings is 3. The van der Waals surface area contributed by atoms with Gasteiger partial charge in [0.2, 0.25) is 0 Å². The highest BCUT2D eigenvalue weighted by molar-refractivity contribution is 9.10. The molecule has 4 rings (SSSR count). The number of hydrogen-bond donors (Lipinski definition) is 1. The summed E-state index contributed by atoms with van der Waals surface area (Å²) in [6, 6.07) is 19.1. The average Bonchev–Trinajstić information content (AvgIpc) is 3.05. The lowest BCUT2D eigenvalue weighted by Crippen LogP contribution is -2.13. The van der Waals surface area contributed by atoms with E-state index in [-0.39, 0.29) is 5.91 Å². The number of anilines is 1. The lowest BCUT2D eigenvalue weighted by atomic mass is 10.1. The molecular formula is C21H17BrN4O. The Labute approximate surface area is 165 Å². The Hall–Kier alpha value is -2.99. The summed E-state index contributed by atoms with van der Waals surface area (Å²) in [6.07, 6.45) is 0. The predicted octanol–water partition coefficient (Wildman–Crippen LogP) is 5.05. The van der Waals surface area contributed by atoms with E-state index < -0.39 is 0 Å². The minimum Gasteiger partial charge on any atom is -0.322 e. The zero-order valence-corrected chi connectivity index (χ0v) is 16.5. The average molecular weight is 421 g/mol. The van der Waals surface area contributed by atoms with Gasteiger partial charge >= 0.3 is 0 Å². The first kappa shape index (κ1) is 17.4. The van der Waals surface area contributed by atoms with Gasteiger partial charge in [0.15, 0.2) is 0 Å². The summed E-state index contributed by atoms with van der Waals surface area (Å²) in [5.41, 5.74) is 5.82. The molecular weight excluding hydrogens is 404 g/mol. The van der Waals surface area contributed by atoms with Gasteiger partial charge in [-0.2, -0.15) is 4.80 Å². The number of aryl methyl sites for hydroxylation is 2. The van der Waals surface area contributed by atoms with Crippen LogP contribution in [0.15, 0.2) is 65.1 Å². The van der Waals surface area contributed by atoms with Gasteiger partial charge in [0.1, 0.15) is 11.0 Å². The zero-order chi connectivity index (χ0) is 19.0. The predicted molar refractivity (Wildman–Crippen MR) is 110 cm³/mol. The van der Waals surface area contributed by atoms with E-state index in [1.807, 2.05) is 68.4 Å². The maximum absolute atomic E-state index is 12.6. The second-order valence-corrected chi connectivity index (χ2v) is 7.27. The van der Waals surface area contributed by atoms with Gasteiger partial charge < -0.3 is 5.32 Å². The molecule has 0 radical (unpaired) electrons. The molecule has 0 bridgehead atoms. The third-order valence-corrected chi connectivity index (χ3v) is 5.05. The van der Waals surface area contributed by atoms with E-state index in [4.69, 9.17) is 0 Å². The minimum atomic E-state index is -0.171. The first-order valence-electron chi connectivity index (χ1n) is 8.52. The van der Waals surface area contributed by atoms with Crippen molar-refractivity contribution in [1.82, 2.24) is 15.0 Å². The number of carbonyl (C=O) groups excluding carboxylic acids is 1. The Morgan fingerprint density at radius 1 is 0.963 bits per heavy atom. The van der Waals surface area contributed by atoms with Gasteiger partial charge in [0, 0.05) is 10.2 Å². The fraction of sp³-hybridized carbons (Fsp3) is 0.0952. The molecule has 0 aliphatic rings. The molecule has 0 aliphatic carbocycles. The van der Waals surface area contributed by atoms with Crippen molar-refractivity contribution in [2.45, 2.75) is 13.8 Å². The molecule has 3 aromatic carbocycles. The summed E-state index contributed by atoms with van der Waals surface area (Å²) in [4.78, 5) is 14.2. The van der Waals surface area contributed by atoms with Gasteiger partial charge in [0.25, 0.3) is 5.91 Å². The molecule has 134 valence electrons. The third-order valence-electron chi connectivity index (χ3n) is 4.36. The van der Waals surface area contributed by atoms with Gasteiger partial charge in [-0.15, -0.1) is 10.2 Å². The molecule has 0 spiro atoms. The van der Waals surface area contributed by atoms with Crippen molar-refractivity contribution in [2.75, 3.05) is 5.32 Å². The van der Waals surface area contributed by atoms with Gasteiger partial charge in [-0.05, 0) is 71.7 Å². The minimum absolute atomic E-state index is 0.171. The quantitative estimate of drug-likeness (QED) is 0.504. The van der Waals surface area contributed by atoms with Crippen LogP contribution in [0.5, 0.6) is 0 Å². The van der Waals surface area contributed by atoms with E-state index in [0.717, 1.165) is 32.4 Å². The standard InChI is InChI=1S/C21H17BrN4O/c1-13-7-9-15(10-8-13)26-24-19-11-14(2)18(12-20(19)25-26)23-21(27)16-5-3-4-6-17(16)22/h3-12H,1-2H3,(H,23,27). The summed E-state index contributed by atoms with van der Waals surface area (Å²) in [7, 11) is 0. The van der Waals surface area contributed by atoms with Crippen LogP contribution in [0, 0.1) is 13.8 Å². The normalized spacial score (nSPS) is 10.9. The van der Waals surface area contributed by atoms with Crippen LogP contribution in [0.25, 0.3) is 16.7 Å². The molecule has 1 amide bonds.